The van der Waals surface area contributed by atoms with Crippen LogP contribution in [0.3, 0.4) is 0 Å². The van der Waals surface area contributed by atoms with Crippen molar-refractivity contribution in [3.63, 3.8) is 0 Å². The van der Waals surface area contributed by atoms with E-state index in [1.54, 1.807) is 11.6 Å². The maximum Gasteiger partial charge on any atom is 0.258 e. The van der Waals surface area contributed by atoms with Crippen molar-refractivity contribution in [1.82, 2.24) is 4.57 Å². The van der Waals surface area contributed by atoms with Crippen LogP contribution < -0.4 is 5.56 Å². The molecule has 0 saturated carbocycles. The lowest BCUT2D eigenvalue weighted by Gasteiger charge is -2.12. The number of fused-ring (bicyclic) bond motifs is 1. The topological polar surface area (TPSA) is 42.2 Å². The minimum Gasteiger partial charge on any atom is -0.507 e. The highest BCUT2D eigenvalue weighted by Gasteiger charge is 2.14. The molecule has 0 spiro atoms. The lowest BCUT2D eigenvalue weighted by atomic mass is 9.99. The van der Waals surface area contributed by atoms with Gasteiger partial charge in [-0.2, -0.15) is 0 Å². The number of para-hydroxylation sites is 1. The number of halogens is 1. The van der Waals surface area contributed by atoms with Gasteiger partial charge in [-0.25, -0.2) is 0 Å². The summed E-state index contributed by atoms with van der Waals surface area (Å²) in [6.07, 6.45) is 0.379. The molecule has 0 aliphatic heterocycles. The maximum absolute atomic E-state index is 12.7. The normalized spacial score (nSPS) is 11.0. The highest BCUT2D eigenvalue weighted by molar-refractivity contribution is 6.30. The number of aromatic nitrogens is 1. The maximum atomic E-state index is 12.7. The first-order valence-corrected chi connectivity index (χ1v) is 9.07. The first-order valence-electron chi connectivity index (χ1n) is 8.69. The van der Waals surface area contributed by atoms with Crippen LogP contribution in [0.15, 0.2) is 77.6 Å². The van der Waals surface area contributed by atoms with Crippen molar-refractivity contribution >= 4 is 22.5 Å². The fourth-order valence-corrected chi connectivity index (χ4v) is 3.49. The Kier molecular flexibility index (Phi) is 4.46. The predicted octanol–water partition coefficient (Wildman–Crippen LogP) is 5.16. The van der Waals surface area contributed by atoms with Gasteiger partial charge >= 0.3 is 0 Å². The molecule has 0 unspecified atom stereocenters. The number of nitrogens with zero attached hydrogens (tertiary/aromatic N) is 1. The molecule has 3 nitrogen and oxygen atoms in total. The number of rotatable bonds is 3. The van der Waals surface area contributed by atoms with Gasteiger partial charge in [-0.15, -0.1) is 0 Å². The van der Waals surface area contributed by atoms with E-state index >= 15 is 0 Å². The van der Waals surface area contributed by atoms with Crippen LogP contribution in [0.5, 0.6) is 5.75 Å². The van der Waals surface area contributed by atoms with Gasteiger partial charge in [0, 0.05) is 23.9 Å². The minimum atomic E-state index is -0.173. The molecule has 0 fully saturated rings. The summed E-state index contributed by atoms with van der Waals surface area (Å²) in [5, 5.41) is 12.0. The second kappa shape index (κ2) is 6.93. The fourth-order valence-electron chi connectivity index (χ4n) is 3.36. The lowest BCUT2D eigenvalue weighted by molar-refractivity contribution is 0.473. The van der Waals surface area contributed by atoms with Crippen LogP contribution in [0.2, 0.25) is 5.02 Å². The molecule has 1 aromatic heterocycles. The molecule has 134 valence electrons. The number of aryl methyl sites for hydroxylation is 1. The van der Waals surface area contributed by atoms with E-state index in [1.807, 2.05) is 72.8 Å². The summed E-state index contributed by atoms with van der Waals surface area (Å²) >= 11 is 5.94. The molecule has 1 N–H and O–H groups in total. The monoisotopic (exact) mass is 375 g/mol. The first-order chi connectivity index (χ1) is 13.0. The Hall–Kier alpha value is -3.04. The van der Waals surface area contributed by atoms with E-state index in [2.05, 4.69) is 0 Å². The van der Waals surface area contributed by atoms with Crippen molar-refractivity contribution in [3.05, 3.63) is 99.3 Å². The van der Waals surface area contributed by atoms with Crippen molar-refractivity contribution in [2.45, 2.75) is 6.42 Å². The van der Waals surface area contributed by atoms with Crippen molar-refractivity contribution < 1.29 is 5.11 Å². The number of hydrogen-bond donors (Lipinski definition) is 1. The summed E-state index contributed by atoms with van der Waals surface area (Å²) in [5.74, 6) is 0.0653. The van der Waals surface area contributed by atoms with Crippen LogP contribution >= 0.6 is 11.6 Å². The lowest BCUT2D eigenvalue weighted by Crippen LogP contribution is -2.21. The zero-order valence-electron chi connectivity index (χ0n) is 14.8. The number of benzene rings is 3. The van der Waals surface area contributed by atoms with E-state index in [0.29, 0.717) is 22.4 Å². The van der Waals surface area contributed by atoms with Crippen LogP contribution in [-0.2, 0) is 13.5 Å². The molecule has 0 saturated heterocycles. The van der Waals surface area contributed by atoms with E-state index in [4.69, 9.17) is 11.6 Å². The van der Waals surface area contributed by atoms with Gasteiger partial charge in [-0.3, -0.25) is 4.79 Å². The zero-order chi connectivity index (χ0) is 19.0. The second-order valence-corrected chi connectivity index (χ2v) is 7.03. The molecule has 1 heterocycles. The molecule has 3 aromatic carbocycles. The predicted molar refractivity (Wildman–Crippen MR) is 111 cm³/mol. The molecule has 4 rings (SSSR count). The Morgan fingerprint density at radius 1 is 0.889 bits per heavy atom. The molecular formula is C23H18ClNO2. The summed E-state index contributed by atoms with van der Waals surface area (Å²) in [7, 11) is 1.73. The van der Waals surface area contributed by atoms with E-state index in [-0.39, 0.29) is 11.3 Å². The third-order valence-corrected chi connectivity index (χ3v) is 5.13. The highest BCUT2D eigenvalue weighted by Crippen LogP contribution is 2.28. The molecular weight excluding hydrogens is 358 g/mol. The van der Waals surface area contributed by atoms with Gasteiger partial charge in [0.05, 0.1) is 11.1 Å². The van der Waals surface area contributed by atoms with Crippen molar-refractivity contribution in [1.29, 1.82) is 0 Å². The second-order valence-electron chi connectivity index (χ2n) is 6.59. The van der Waals surface area contributed by atoms with Crippen LogP contribution in [-0.4, -0.2) is 9.67 Å². The molecule has 0 atom stereocenters. The number of aromatic hydroxyl groups is 1. The van der Waals surface area contributed by atoms with E-state index in [9.17, 15) is 9.90 Å². The first kappa shape index (κ1) is 17.4. The third kappa shape index (κ3) is 3.22. The molecule has 0 amide bonds. The molecule has 4 aromatic rings. The van der Waals surface area contributed by atoms with Gasteiger partial charge in [-0.1, -0.05) is 60.1 Å². The van der Waals surface area contributed by atoms with Crippen LogP contribution in [0, 0.1) is 0 Å². The summed E-state index contributed by atoms with van der Waals surface area (Å²) < 4.78 is 1.59. The van der Waals surface area contributed by atoms with E-state index in [1.165, 1.54) is 0 Å². The molecule has 4 heteroatoms. The fraction of sp³-hybridized carbons (Fsp3) is 0.0870. The van der Waals surface area contributed by atoms with Gasteiger partial charge in [0.15, 0.2) is 0 Å². The Labute approximate surface area is 162 Å². The largest absolute Gasteiger partial charge is 0.507 e. The number of pyridine rings is 1. The molecule has 0 bridgehead atoms. The third-order valence-electron chi connectivity index (χ3n) is 4.88. The molecule has 0 aliphatic carbocycles. The molecule has 0 radical (unpaired) electrons. The van der Waals surface area contributed by atoms with Crippen molar-refractivity contribution in [2.24, 2.45) is 7.05 Å². The highest BCUT2D eigenvalue weighted by atomic mass is 35.5. The Morgan fingerprint density at radius 2 is 1.48 bits per heavy atom. The van der Waals surface area contributed by atoms with E-state index < -0.39 is 0 Å². The Bertz CT molecular complexity index is 1180. The smallest absolute Gasteiger partial charge is 0.258 e. The van der Waals surface area contributed by atoms with Crippen LogP contribution in [0.4, 0.5) is 0 Å². The van der Waals surface area contributed by atoms with E-state index in [0.717, 1.165) is 22.2 Å². The molecule has 27 heavy (non-hydrogen) atoms. The van der Waals surface area contributed by atoms with Crippen LogP contribution in [0.1, 0.15) is 11.1 Å². The SMILES string of the molecule is Cn1c(=O)c(Cc2ccc(-c3ccc(Cl)cc3)cc2)c(O)c2ccccc21. The summed E-state index contributed by atoms with van der Waals surface area (Å²) in [5.41, 5.74) is 4.09. The van der Waals surface area contributed by atoms with Gasteiger partial charge in [0.2, 0.25) is 0 Å². The standard InChI is InChI=1S/C23H18ClNO2/c1-25-21-5-3-2-4-19(21)22(26)20(23(25)27)14-15-6-8-16(9-7-15)17-10-12-18(24)13-11-17/h2-13,26H,14H2,1H3. The van der Waals surface area contributed by atoms with Gasteiger partial charge in [-0.05, 0) is 41.0 Å². The van der Waals surface area contributed by atoms with Gasteiger partial charge in [0.1, 0.15) is 5.75 Å². The minimum absolute atomic E-state index is 0.0653. The zero-order valence-corrected chi connectivity index (χ0v) is 15.6. The Balaban J connectivity index is 1.70. The van der Waals surface area contributed by atoms with Gasteiger partial charge < -0.3 is 9.67 Å². The van der Waals surface area contributed by atoms with Crippen molar-refractivity contribution in [3.8, 4) is 16.9 Å². The quantitative estimate of drug-likeness (QED) is 0.537. The van der Waals surface area contributed by atoms with Crippen LogP contribution in [0.25, 0.3) is 22.0 Å². The summed E-state index contributed by atoms with van der Waals surface area (Å²) in [6.45, 7) is 0. The summed E-state index contributed by atoms with van der Waals surface area (Å²) in [6, 6.07) is 23.1. The van der Waals surface area contributed by atoms with Crippen molar-refractivity contribution in [2.75, 3.05) is 0 Å². The summed E-state index contributed by atoms with van der Waals surface area (Å²) in [4.78, 5) is 12.7. The van der Waals surface area contributed by atoms with Gasteiger partial charge in [0.25, 0.3) is 5.56 Å². The average molecular weight is 376 g/mol. The number of hydrogen-bond acceptors (Lipinski definition) is 2. The Morgan fingerprint density at radius 3 is 2.15 bits per heavy atom. The average Bonchev–Trinajstić information content (AvgIpc) is 2.71. The molecule has 0 aliphatic rings.